The maximum atomic E-state index is 12.2. The van der Waals surface area contributed by atoms with Crippen molar-refractivity contribution in [1.82, 2.24) is 25.8 Å². The van der Waals surface area contributed by atoms with E-state index in [4.69, 9.17) is 4.52 Å². The summed E-state index contributed by atoms with van der Waals surface area (Å²) in [7, 11) is 0. The second kappa shape index (κ2) is 6.78. The first-order valence-electron chi connectivity index (χ1n) is 10.7. The zero-order valence-corrected chi connectivity index (χ0v) is 17.5. The Bertz CT molecular complexity index is 1380. The van der Waals surface area contributed by atoms with E-state index in [0.717, 1.165) is 29.5 Å². The van der Waals surface area contributed by atoms with Crippen LogP contribution >= 0.6 is 0 Å². The smallest absolute Gasteiger partial charge is 0.322 e. The molecule has 4 aromatic rings. The Morgan fingerprint density at radius 3 is 2.62 bits per heavy atom. The van der Waals surface area contributed by atoms with E-state index < -0.39 is 11.6 Å². The molecule has 3 amide bonds. The molecule has 0 bridgehead atoms. The van der Waals surface area contributed by atoms with Crippen LogP contribution < -0.4 is 10.6 Å². The molecule has 1 atom stereocenters. The minimum atomic E-state index is -1.10. The average molecular weight is 427 g/mol. The van der Waals surface area contributed by atoms with E-state index >= 15 is 0 Å². The summed E-state index contributed by atoms with van der Waals surface area (Å²) in [6.07, 6.45) is 4.59. The van der Waals surface area contributed by atoms with Gasteiger partial charge in [-0.15, -0.1) is 0 Å². The molecule has 1 saturated heterocycles. The number of H-pyrrole nitrogens is 1. The number of carbonyl (C=O) groups is 2. The van der Waals surface area contributed by atoms with E-state index in [2.05, 4.69) is 31.8 Å². The number of fused-ring (bicyclic) bond motifs is 3. The number of benzene rings is 2. The van der Waals surface area contributed by atoms with E-state index in [0.29, 0.717) is 17.3 Å². The molecule has 0 radical (unpaired) electrons. The maximum Gasteiger partial charge on any atom is 0.322 e. The Balaban J connectivity index is 1.34. The largest absolute Gasteiger partial charge is 0.358 e. The van der Waals surface area contributed by atoms with Gasteiger partial charge in [0.25, 0.3) is 11.8 Å². The number of nitrogens with zero attached hydrogens (tertiary/aromatic N) is 2. The summed E-state index contributed by atoms with van der Waals surface area (Å²) in [5, 5.41) is 10.3. The highest BCUT2D eigenvalue weighted by atomic mass is 16.5. The molecule has 2 aliphatic rings. The van der Waals surface area contributed by atoms with E-state index in [1.54, 1.807) is 19.1 Å². The molecule has 1 unspecified atom stereocenters. The van der Waals surface area contributed by atoms with E-state index in [-0.39, 0.29) is 5.91 Å². The lowest BCUT2D eigenvalue weighted by Crippen LogP contribution is -2.40. The predicted octanol–water partition coefficient (Wildman–Crippen LogP) is 3.82. The van der Waals surface area contributed by atoms with Crippen molar-refractivity contribution in [3.8, 4) is 22.8 Å². The first-order chi connectivity index (χ1) is 15.5. The number of aromatic nitrogens is 3. The number of urea groups is 1. The zero-order chi connectivity index (χ0) is 21.9. The zero-order valence-electron chi connectivity index (χ0n) is 17.5. The van der Waals surface area contributed by atoms with Crippen molar-refractivity contribution in [2.75, 3.05) is 0 Å². The third kappa shape index (κ3) is 2.76. The van der Waals surface area contributed by atoms with Gasteiger partial charge in [-0.3, -0.25) is 10.1 Å². The Kier molecular flexibility index (Phi) is 3.98. The first kappa shape index (κ1) is 18.8. The summed E-state index contributed by atoms with van der Waals surface area (Å²) >= 11 is 0. The van der Waals surface area contributed by atoms with Crippen molar-refractivity contribution in [3.05, 3.63) is 59.3 Å². The normalized spacial score (nSPS) is 20.3. The predicted molar refractivity (Wildman–Crippen MR) is 118 cm³/mol. The third-order valence-electron chi connectivity index (χ3n) is 6.55. The molecule has 0 saturated carbocycles. The highest BCUT2D eigenvalue weighted by molar-refractivity contribution is 6.07. The quantitative estimate of drug-likeness (QED) is 0.430. The molecule has 8 nitrogen and oxygen atoms in total. The van der Waals surface area contributed by atoms with Gasteiger partial charge in [-0.1, -0.05) is 41.6 Å². The van der Waals surface area contributed by atoms with Gasteiger partial charge >= 0.3 is 6.03 Å². The monoisotopic (exact) mass is 427 g/mol. The van der Waals surface area contributed by atoms with Crippen LogP contribution in [0.5, 0.6) is 0 Å². The second-order valence-electron chi connectivity index (χ2n) is 8.55. The van der Waals surface area contributed by atoms with Crippen LogP contribution in [0.15, 0.2) is 47.0 Å². The molecular formula is C24H21N5O3. The fraction of sp³-hybridized carbons (Fsp3) is 0.250. The van der Waals surface area contributed by atoms with Gasteiger partial charge in [0.05, 0.1) is 11.1 Å². The molecule has 0 spiro atoms. The van der Waals surface area contributed by atoms with Gasteiger partial charge in [0.15, 0.2) is 0 Å². The number of aryl methyl sites for hydroxylation is 2. The van der Waals surface area contributed by atoms with Crippen LogP contribution in [0.25, 0.3) is 33.7 Å². The Morgan fingerprint density at radius 1 is 1.03 bits per heavy atom. The number of hydrogen-bond acceptors (Lipinski definition) is 5. The van der Waals surface area contributed by atoms with Crippen LogP contribution in [0, 0.1) is 0 Å². The van der Waals surface area contributed by atoms with Crippen molar-refractivity contribution in [2.24, 2.45) is 0 Å². The van der Waals surface area contributed by atoms with Crippen molar-refractivity contribution >= 4 is 22.8 Å². The molecule has 6 rings (SSSR count). The molecule has 3 heterocycles. The van der Waals surface area contributed by atoms with E-state index in [1.807, 2.05) is 24.3 Å². The summed E-state index contributed by atoms with van der Waals surface area (Å²) in [5.74, 6) is 0.548. The summed E-state index contributed by atoms with van der Waals surface area (Å²) in [5.41, 5.74) is 4.99. The molecule has 1 aliphatic heterocycles. The molecule has 1 aliphatic carbocycles. The van der Waals surface area contributed by atoms with Crippen molar-refractivity contribution in [3.63, 3.8) is 0 Å². The number of carbonyl (C=O) groups excluding carboxylic acids is 2. The molecule has 2 aromatic carbocycles. The topological polar surface area (TPSA) is 113 Å². The number of hydrogen-bond donors (Lipinski definition) is 3. The van der Waals surface area contributed by atoms with Crippen molar-refractivity contribution in [1.29, 1.82) is 0 Å². The lowest BCUT2D eigenvalue weighted by atomic mass is 9.91. The molecule has 1 fully saturated rings. The minimum Gasteiger partial charge on any atom is -0.358 e. The van der Waals surface area contributed by atoms with Gasteiger partial charge in [-0.25, -0.2) is 4.79 Å². The van der Waals surface area contributed by atoms with Crippen LogP contribution in [0.1, 0.15) is 36.6 Å². The molecule has 3 N–H and O–H groups in total. The molecular weight excluding hydrogens is 406 g/mol. The average Bonchev–Trinajstić information content (AvgIpc) is 3.50. The van der Waals surface area contributed by atoms with Crippen LogP contribution in [0.2, 0.25) is 0 Å². The van der Waals surface area contributed by atoms with Crippen LogP contribution in [0.3, 0.4) is 0 Å². The highest BCUT2D eigenvalue weighted by Gasteiger charge is 2.43. The van der Waals surface area contributed by atoms with Gasteiger partial charge in [0, 0.05) is 16.6 Å². The van der Waals surface area contributed by atoms with Gasteiger partial charge < -0.3 is 14.8 Å². The molecule has 8 heteroatoms. The fourth-order valence-electron chi connectivity index (χ4n) is 4.76. The summed E-state index contributed by atoms with van der Waals surface area (Å²) < 4.78 is 5.62. The number of rotatable bonds is 3. The van der Waals surface area contributed by atoms with Crippen LogP contribution in [-0.4, -0.2) is 27.1 Å². The van der Waals surface area contributed by atoms with Gasteiger partial charge in [0.2, 0.25) is 5.82 Å². The van der Waals surface area contributed by atoms with Crippen LogP contribution in [-0.2, 0) is 23.2 Å². The van der Waals surface area contributed by atoms with Crippen molar-refractivity contribution in [2.45, 2.75) is 38.1 Å². The van der Waals surface area contributed by atoms with E-state index in [9.17, 15) is 9.59 Å². The number of aromatic amines is 1. The summed E-state index contributed by atoms with van der Waals surface area (Å²) in [6, 6.07) is 12.9. The molecule has 32 heavy (non-hydrogen) atoms. The fourth-order valence-corrected chi connectivity index (χ4v) is 4.76. The van der Waals surface area contributed by atoms with Gasteiger partial charge in [0.1, 0.15) is 5.54 Å². The Labute approximate surface area is 183 Å². The summed E-state index contributed by atoms with van der Waals surface area (Å²) in [4.78, 5) is 31.9. The van der Waals surface area contributed by atoms with Crippen LogP contribution in [0.4, 0.5) is 4.79 Å². The SMILES string of the molecule is CC1(c2ccc(-c3noc(-c4cccc5c6c([nH]c45)CCCC6)n3)cc2)NC(=O)NC1=O. The van der Waals surface area contributed by atoms with E-state index in [1.165, 1.54) is 29.5 Å². The number of imide groups is 1. The maximum absolute atomic E-state index is 12.2. The molecule has 2 aromatic heterocycles. The van der Waals surface area contributed by atoms with Crippen molar-refractivity contribution < 1.29 is 14.1 Å². The lowest BCUT2D eigenvalue weighted by molar-refractivity contribution is -0.123. The number of amides is 3. The Hall–Kier alpha value is -3.94. The first-order valence-corrected chi connectivity index (χ1v) is 10.7. The van der Waals surface area contributed by atoms with Gasteiger partial charge in [-0.05, 0) is 49.8 Å². The van der Waals surface area contributed by atoms with Gasteiger partial charge in [-0.2, -0.15) is 4.98 Å². The second-order valence-corrected chi connectivity index (χ2v) is 8.55. The third-order valence-corrected chi connectivity index (χ3v) is 6.55. The Morgan fingerprint density at radius 2 is 1.84 bits per heavy atom. The number of nitrogens with one attached hydrogen (secondary N) is 3. The number of para-hydroxylation sites is 1. The minimum absolute atomic E-state index is 0.376. The summed E-state index contributed by atoms with van der Waals surface area (Å²) in [6.45, 7) is 1.67. The highest BCUT2D eigenvalue weighted by Crippen LogP contribution is 2.35. The standard InChI is InChI=1S/C24H21N5O3/c1-24(22(30)27-23(31)28-24)14-11-9-13(10-12-14)20-26-21(32-29-20)17-7-4-6-16-15-5-2-3-8-18(15)25-19(16)17/h4,6-7,9-12,25H,2-3,5,8H2,1H3,(H2,27,28,30,31). The lowest BCUT2D eigenvalue weighted by Gasteiger charge is -2.20. The molecule has 160 valence electrons.